The largest absolute Gasteiger partial charge is 0.427 e. The number of halogens is 1. The van der Waals surface area contributed by atoms with E-state index in [9.17, 15) is 4.39 Å². The van der Waals surface area contributed by atoms with Gasteiger partial charge in [-0.05, 0) is 31.5 Å². The molecule has 1 fully saturated rings. The lowest BCUT2D eigenvalue weighted by Gasteiger charge is -2.30. The van der Waals surface area contributed by atoms with Crippen LogP contribution >= 0.6 is 11.3 Å². The molecule has 124 valence electrons. The standard InChI is InChI=1S/C16H16FN5OS/c17-13-6-2-1-5-12(13)16-21-20-15(24-16)11-4-3-7-22(8-11)9-14-19-18-10-23-14/h1-2,5-6,10-11H,3-4,7-9H2. The van der Waals surface area contributed by atoms with Gasteiger partial charge in [-0.2, -0.15) is 0 Å². The Morgan fingerprint density at radius 3 is 3.00 bits per heavy atom. The Balaban J connectivity index is 1.49. The molecule has 24 heavy (non-hydrogen) atoms. The molecule has 3 aromatic rings. The fourth-order valence-corrected chi connectivity index (χ4v) is 4.00. The zero-order valence-corrected chi connectivity index (χ0v) is 13.7. The van der Waals surface area contributed by atoms with Gasteiger partial charge >= 0.3 is 0 Å². The van der Waals surface area contributed by atoms with Crippen molar-refractivity contribution in [1.29, 1.82) is 0 Å². The number of nitrogens with zero attached hydrogens (tertiary/aromatic N) is 5. The summed E-state index contributed by atoms with van der Waals surface area (Å²) in [6.45, 7) is 2.52. The lowest BCUT2D eigenvalue weighted by Crippen LogP contribution is -2.34. The second-order valence-corrected chi connectivity index (χ2v) is 6.84. The number of aromatic nitrogens is 4. The first kappa shape index (κ1) is 15.3. The Morgan fingerprint density at radius 1 is 1.25 bits per heavy atom. The Kier molecular flexibility index (Phi) is 4.31. The van der Waals surface area contributed by atoms with E-state index in [-0.39, 0.29) is 5.82 Å². The van der Waals surface area contributed by atoms with E-state index in [1.807, 2.05) is 6.07 Å². The first-order valence-corrected chi connectivity index (χ1v) is 8.67. The van der Waals surface area contributed by atoms with Crippen molar-refractivity contribution >= 4 is 11.3 Å². The molecule has 0 spiro atoms. The molecule has 4 rings (SSSR count). The smallest absolute Gasteiger partial charge is 0.230 e. The number of hydrogen-bond donors (Lipinski definition) is 0. The highest BCUT2D eigenvalue weighted by Crippen LogP contribution is 2.33. The van der Waals surface area contributed by atoms with Gasteiger partial charge in [0.1, 0.15) is 10.8 Å². The molecule has 1 aliphatic heterocycles. The minimum Gasteiger partial charge on any atom is -0.427 e. The van der Waals surface area contributed by atoms with Crippen molar-refractivity contribution in [1.82, 2.24) is 25.3 Å². The maximum absolute atomic E-state index is 13.9. The van der Waals surface area contributed by atoms with E-state index in [0.29, 0.717) is 28.9 Å². The van der Waals surface area contributed by atoms with Crippen LogP contribution < -0.4 is 0 Å². The third-order valence-electron chi connectivity index (χ3n) is 4.16. The van der Waals surface area contributed by atoms with Crippen LogP contribution in [0.3, 0.4) is 0 Å². The predicted molar refractivity (Wildman–Crippen MR) is 86.9 cm³/mol. The van der Waals surface area contributed by atoms with Crippen molar-refractivity contribution in [2.24, 2.45) is 0 Å². The van der Waals surface area contributed by atoms with Gasteiger partial charge in [-0.15, -0.1) is 20.4 Å². The van der Waals surface area contributed by atoms with Crippen molar-refractivity contribution in [3.8, 4) is 10.6 Å². The van der Waals surface area contributed by atoms with Crippen molar-refractivity contribution in [3.63, 3.8) is 0 Å². The zero-order chi connectivity index (χ0) is 16.4. The van der Waals surface area contributed by atoms with E-state index in [0.717, 1.165) is 30.9 Å². The van der Waals surface area contributed by atoms with Crippen LogP contribution in [0, 0.1) is 5.82 Å². The van der Waals surface area contributed by atoms with Gasteiger partial charge < -0.3 is 4.42 Å². The quantitative estimate of drug-likeness (QED) is 0.724. The number of likely N-dealkylation sites (tertiary alicyclic amines) is 1. The van der Waals surface area contributed by atoms with E-state index < -0.39 is 0 Å². The number of hydrogen-bond acceptors (Lipinski definition) is 7. The molecular weight excluding hydrogens is 329 g/mol. The molecule has 0 radical (unpaired) electrons. The molecule has 2 aromatic heterocycles. The molecule has 1 unspecified atom stereocenters. The van der Waals surface area contributed by atoms with Crippen LogP contribution in [0.2, 0.25) is 0 Å². The fourth-order valence-electron chi connectivity index (χ4n) is 3.00. The lowest BCUT2D eigenvalue weighted by atomic mass is 9.99. The fraction of sp³-hybridized carbons (Fsp3) is 0.375. The maximum atomic E-state index is 13.9. The van der Waals surface area contributed by atoms with E-state index in [1.54, 1.807) is 12.1 Å². The van der Waals surface area contributed by atoms with Crippen molar-refractivity contribution in [2.45, 2.75) is 25.3 Å². The van der Waals surface area contributed by atoms with Crippen LogP contribution in [-0.4, -0.2) is 38.4 Å². The van der Waals surface area contributed by atoms with Gasteiger partial charge in [-0.25, -0.2) is 4.39 Å². The van der Waals surface area contributed by atoms with Crippen molar-refractivity contribution in [2.75, 3.05) is 13.1 Å². The highest BCUT2D eigenvalue weighted by Gasteiger charge is 2.25. The Morgan fingerprint density at radius 2 is 2.17 bits per heavy atom. The summed E-state index contributed by atoms with van der Waals surface area (Å²) in [4.78, 5) is 2.28. The molecular formula is C16H16FN5OS. The van der Waals surface area contributed by atoms with Gasteiger partial charge in [-0.1, -0.05) is 23.5 Å². The van der Waals surface area contributed by atoms with Gasteiger partial charge in [-0.3, -0.25) is 4.90 Å². The van der Waals surface area contributed by atoms with Gasteiger partial charge in [0.25, 0.3) is 0 Å². The van der Waals surface area contributed by atoms with Gasteiger partial charge in [0.15, 0.2) is 5.01 Å². The van der Waals surface area contributed by atoms with E-state index in [2.05, 4.69) is 25.3 Å². The second-order valence-electron chi connectivity index (χ2n) is 5.83. The summed E-state index contributed by atoms with van der Waals surface area (Å²) in [5.41, 5.74) is 0.514. The van der Waals surface area contributed by atoms with Crippen LogP contribution in [0.1, 0.15) is 29.7 Å². The Hall–Kier alpha value is -2.19. The highest BCUT2D eigenvalue weighted by atomic mass is 32.1. The van der Waals surface area contributed by atoms with Crippen LogP contribution in [0.15, 0.2) is 35.1 Å². The summed E-state index contributed by atoms with van der Waals surface area (Å²) < 4.78 is 19.1. The topological polar surface area (TPSA) is 67.9 Å². The summed E-state index contributed by atoms with van der Waals surface area (Å²) in [5.74, 6) is 0.668. The Bertz CT molecular complexity index is 806. The number of benzene rings is 1. The third-order valence-corrected chi connectivity index (χ3v) is 5.28. The monoisotopic (exact) mass is 345 g/mol. The maximum Gasteiger partial charge on any atom is 0.230 e. The normalized spacial score (nSPS) is 18.8. The van der Waals surface area contributed by atoms with Crippen molar-refractivity contribution in [3.05, 3.63) is 47.4 Å². The molecule has 0 bridgehead atoms. The summed E-state index contributed by atoms with van der Waals surface area (Å²) >= 11 is 1.48. The molecule has 0 N–H and O–H groups in total. The number of piperidine rings is 1. The predicted octanol–water partition coefficient (Wildman–Crippen LogP) is 3.11. The highest BCUT2D eigenvalue weighted by molar-refractivity contribution is 7.14. The lowest BCUT2D eigenvalue weighted by molar-refractivity contribution is 0.183. The summed E-state index contributed by atoms with van der Waals surface area (Å²) in [5, 5.41) is 17.7. The van der Waals surface area contributed by atoms with Crippen LogP contribution in [0.25, 0.3) is 10.6 Å². The van der Waals surface area contributed by atoms with Crippen molar-refractivity contribution < 1.29 is 8.81 Å². The molecule has 0 aliphatic carbocycles. The molecule has 8 heteroatoms. The Labute approximate surface area is 142 Å². The average molecular weight is 345 g/mol. The molecule has 1 aliphatic rings. The van der Waals surface area contributed by atoms with Crippen LogP contribution in [0.4, 0.5) is 4.39 Å². The minimum atomic E-state index is -0.262. The molecule has 0 saturated carbocycles. The molecule has 1 saturated heterocycles. The van der Waals surface area contributed by atoms with E-state index in [4.69, 9.17) is 4.42 Å². The first-order chi connectivity index (χ1) is 11.8. The van der Waals surface area contributed by atoms with Gasteiger partial charge in [0.05, 0.1) is 6.54 Å². The van der Waals surface area contributed by atoms with Gasteiger partial charge in [0.2, 0.25) is 12.3 Å². The average Bonchev–Trinajstić information content (AvgIpc) is 3.27. The zero-order valence-electron chi connectivity index (χ0n) is 12.9. The molecule has 0 amide bonds. The first-order valence-electron chi connectivity index (χ1n) is 7.85. The SMILES string of the molecule is Fc1ccccc1-c1nnc(C2CCCN(Cc3nnco3)C2)s1. The number of rotatable bonds is 4. The molecule has 1 aromatic carbocycles. The molecule has 1 atom stereocenters. The summed E-state index contributed by atoms with van der Waals surface area (Å²) in [7, 11) is 0. The third kappa shape index (κ3) is 3.20. The van der Waals surface area contributed by atoms with E-state index >= 15 is 0 Å². The molecule has 6 nitrogen and oxygen atoms in total. The molecule has 3 heterocycles. The minimum absolute atomic E-state index is 0.262. The summed E-state index contributed by atoms with van der Waals surface area (Å²) in [6.07, 6.45) is 3.49. The van der Waals surface area contributed by atoms with Crippen LogP contribution in [-0.2, 0) is 6.54 Å². The van der Waals surface area contributed by atoms with Gasteiger partial charge in [0, 0.05) is 18.0 Å². The van der Waals surface area contributed by atoms with E-state index in [1.165, 1.54) is 23.8 Å². The second kappa shape index (κ2) is 6.74. The van der Waals surface area contributed by atoms with Crippen LogP contribution in [0.5, 0.6) is 0 Å². The summed E-state index contributed by atoms with van der Waals surface area (Å²) in [6, 6.07) is 6.68.